The Balaban J connectivity index is 2.64. The monoisotopic (exact) mass is 112 g/mol. The van der Waals surface area contributed by atoms with Gasteiger partial charge >= 0.3 is 0 Å². The fourth-order valence-electron chi connectivity index (χ4n) is 0.705. The smallest absolute Gasteiger partial charge is 0.225 e. The van der Waals surface area contributed by atoms with Gasteiger partial charge in [-0.15, -0.1) is 0 Å². The van der Waals surface area contributed by atoms with E-state index < -0.39 is 0 Å². The SMILES string of the molecule is CC1CC(=O)NC1=N. The average Bonchev–Trinajstić information content (AvgIpc) is 1.85. The van der Waals surface area contributed by atoms with Gasteiger partial charge in [0.1, 0.15) is 5.84 Å². The lowest BCUT2D eigenvalue weighted by atomic mass is 10.1. The van der Waals surface area contributed by atoms with Crippen LogP contribution in [0.3, 0.4) is 0 Å². The van der Waals surface area contributed by atoms with E-state index in [1.165, 1.54) is 0 Å². The molecule has 3 heteroatoms. The second-order valence-electron chi connectivity index (χ2n) is 2.07. The molecule has 1 rings (SSSR count). The Morgan fingerprint density at radius 2 is 2.50 bits per heavy atom. The normalized spacial score (nSPS) is 28.4. The molecular weight excluding hydrogens is 104 g/mol. The fraction of sp³-hybridized carbons (Fsp3) is 0.600. The van der Waals surface area contributed by atoms with E-state index in [1.54, 1.807) is 0 Å². The molecule has 1 fully saturated rings. The Bertz CT molecular complexity index is 141. The lowest BCUT2D eigenvalue weighted by molar-refractivity contribution is -0.118. The van der Waals surface area contributed by atoms with E-state index in [9.17, 15) is 4.79 Å². The Labute approximate surface area is 47.6 Å². The number of carbonyl (C=O) groups is 1. The van der Waals surface area contributed by atoms with E-state index in [4.69, 9.17) is 5.41 Å². The topological polar surface area (TPSA) is 53.0 Å². The molecular formula is C5H8N2O. The van der Waals surface area contributed by atoms with Gasteiger partial charge in [0, 0.05) is 12.3 Å². The molecule has 0 spiro atoms. The second kappa shape index (κ2) is 1.58. The Morgan fingerprint density at radius 1 is 1.88 bits per heavy atom. The predicted molar refractivity (Wildman–Crippen MR) is 29.7 cm³/mol. The van der Waals surface area contributed by atoms with Crippen LogP contribution in [0.25, 0.3) is 0 Å². The minimum atomic E-state index is -0.0255. The summed E-state index contributed by atoms with van der Waals surface area (Å²) < 4.78 is 0. The molecule has 1 amide bonds. The molecule has 1 atom stereocenters. The molecule has 0 saturated carbocycles. The minimum Gasteiger partial charge on any atom is -0.314 e. The van der Waals surface area contributed by atoms with Gasteiger partial charge < -0.3 is 5.32 Å². The van der Waals surface area contributed by atoms with E-state index in [0.29, 0.717) is 12.3 Å². The third-order valence-electron chi connectivity index (χ3n) is 1.26. The summed E-state index contributed by atoms with van der Waals surface area (Å²) in [6, 6.07) is 0. The lowest BCUT2D eigenvalue weighted by Gasteiger charge is -1.93. The molecule has 1 heterocycles. The fourth-order valence-corrected chi connectivity index (χ4v) is 0.705. The zero-order valence-electron chi connectivity index (χ0n) is 4.69. The Kier molecular flexibility index (Phi) is 1.04. The molecule has 1 aliphatic rings. The van der Waals surface area contributed by atoms with Gasteiger partial charge in [0.2, 0.25) is 5.91 Å². The number of amides is 1. The summed E-state index contributed by atoms with van der Waals surface area (Å²) in [7, 11) is 0. The molecule has 44 valence electrons. The molecule has 1 unspecified atom stereocenters. The summed E-state index contributed by atoms with van der Waals surface area (Å²) in [6.45, 7) is 1.86. The highest BCUT2D eigenvalue weighted by Crippen LogP contribution is 2.07. The molecule has 0 aromatic heterocycles. The van der Waals surface area contributed by atoms with Gasteiger partial charge in [-0.2, -0.15) is 0 Å². The first-order chi connectivity index (χ1) is 3.70. The highest BCUT2D eigenvalue weighted by molar-refractivity contribution is 6.04. The predicted octanol–water partition coefficient (Wildman–Crippen LogP) is 0.120. The van der Waals surface area contributed by atoms with Crippen molar-refractivity contribution in [2.24, 2.45) is 5.92 Å². The van der Waals surface area contributed by atoms with Gasteiger partial charge in [-0.05, 0) is 0 Å². The third-order valence-corrected chi connectivity index (χ3v) is 1.26. The van der Waals surface area contributed by atoms with Gasteiger partial charge in [-0.25, -0.2) is 0 Å². The van der Waals surface area contributed by atoms with Crippen molar-refractivity contribution in [1.29, 1.82) is 5.41 Å². The van der Waals surface area contributed by atoms with Crippen LogP contribution in [0.2, 0.25) is 0 Å². The number of rotatable bonds is 0. The number of carbonyl (C=O) groups excluding carboxylic acids is 1. The number of amidine groups is 1. The summed E-state index contributed by atoms with van der Waals surface area (Å²) in [4.78, 5) is 10.4. The summed E-state index contributed by atoms with van der Waals surface area (Å²) in [5.41, 5.74) is 0. The van der Waals surface area contributed by atoms with Crippen molar-refractivity contribution < 1.29 is 4.79 Å². The van der Waals surface area contributed by atoms with Crippen LogP contribution < -0.4 is 5.32 Å². The van der Waals surface area contributed by atoms with Crippen molar-refractivity contribution in [3.8, 4) is 0 Å². The Hall–Kier alpha value is -0.860. The molecule has 0 bridgehead atoms. The van der Waals surface area contributed by atoms with Crippen LogP contribution in [0.4, 0.5) is 0 Å². The van der Waals surface area contributed by atoms with Crippen LogP contribution in [0, 0.1) is 11.3 Å². The van der Waals surface area contributed by atoms with Crippen LogP contribution in [0.15, 0.2) is 0 Å². The van der Waals surface area contributed by atoms with E-state index in [2.05, 4.69) is 5.32 Å². The van der Waals surface area contributed by atoms with Crippen LogP contribution in [-0.2, 0) is 4.79 Å². The maximum Gasteiger partial charge on any atom is 0.225 e. The number of nitrogens with one attached hydrogen (secondary N) is 2. The first-order valence-corrected chi connectivity index (χ1v) is 2.58. The largest absolute Gasteiger partial charge is 0.314 e. The first-order valence-electron chi connectivity index (χ1n) is 2.58. The van der Waals surface area contributed by atoms with Crippen molar-refractivity contribution in [1.82, 2.24) is 5.32 Å². The summed E-state index contributed by atoms with van der Waals surface area (Å²) in [6.07, 6.45) is 0.485. The molecule has 3 nitrogen and oxygen atoms in total. The third kappa shape index (κ3) is 0.710. The van der Waals surface area contributed by atoms with Crippen LogP contribution in [0.5, 0.6) is 0 Å². The number of hydrogen-bond donors (Lipinski definition) is 2. The first kappa shape index (κ1) is 5.28. The maximum absolute atomic E-state index is 10.4. The highest BCUT2D eigenvalue weighted by atomic mass is 16.1. The zero-order valence-corrected chi connectivity index (χ0v) is 4.69. The molecule has 8 heavy (non-hydrogen) atoms. The summed E-state index contributed by atoms with van der Waals surface area (Å²) in [5.74, 6) is 0.444. The van der Waals surface area contributed by atoms with Crippen LogP contribution in [-0.4, -0.2) is 11.7 Å². The molecule has 1 aliphatic heterocycles. The Morgan fingerprint density at radius 3 is 2.62 bits per heavy atom. The maximum atomic E-state index is 10.4. The van der Waals surface area contributed by atoms with Gasteiger partial charge in [0.15, 0.2) is 0 Å². The van der Waals surface area contributed by atoms with Gasteiger partial charge in [0.05, 0.1) is 0 Å². The van der Waals surface area contributed by atoms with Crippen LogP contribution >= 0.6 is 0 Å². The molecule has 1 saturated heterocycles. The molecule has 0 aliphatic carbocycles. The van der Waals surface area contributed by atoms with E-state index in [1.807, 2.05) is 6.92 Å². The molecule has 0 aromatic rings. The van der Waals surface area contributed by atoms with Crippen molar-refractivity contribution in [2.75, 3.05) is 0 Å². The summed E-state index contributed by atoms with van der Waals surface area (Å²) in [5, 5.41) is 9.46. The van der Waals surface area contributed by atoms with Gasteiger partial charge in [-0.3, -0.25) is 10.2 Å². The van der Waals surface area contributed by atoms with Crippen molar-refractivity contribution in [2.45, 2.75) is 13.3 Å². The zero-order chi connectivity index (χ0) is 6.15. The average molecular weight is 112 g/mol. The van der Waals surface area contributed by atoms with Crippen molar-refractivity contribution >= 4 is 11.7 Å². The van der Waals surface area contributed by atoms with Crippen molar-refractivity contribution in [3.05, 3.63) is 0 Å². The standard InChI is InChI=1S/C5H8N2O/c1-3-2-4(8)7-5(3)6/h3H,2H2,1H3,(H2,6,7,8). The quantitative estimate of drug-likeness (QED) is 0.459. The van der Waals surface area contributed by atoms with Gasteiger partial charge in [-0.1, -0.05) is 6.92 Å². The second-order valence-corrected chi connectivity index (χ2v) is 2.07. The molecule has 2 N–H and O–H groups in total. The van der Waals surface area contributed by atoms with Crippen LogP contribution in [0.1, 0.15) is 13.3 Å². The van der Waals surface area contributed by atoms with Crippen molar-refractivity contribution in [3.63, 3.8) is 0 Å². The van der Waals surface area contributed by atoms with E-state index >= 15 is 0 Å². The highest BCUT2D eigenvalue weighted by Gasteiger charge is 2.22. The van der Waals surface area contributed by atoms with E-state index in [0.717, 1.165) is 0 Å². The summed E-state index contributed by atoms with van der Waals surface area (Å²) >= 11 is 0. The van der Waals surface area contributed by atoms with E-state index in [-0.39, 0.29) is 11.8 Å². The van der Waals surface area contributed by atoms with Gasteiger partial charge in [0.25, 0.3) is 0 Å². The lowest BCUT2D eigenvalue weighted by Crippen LogP contribution is -2.20. The molecule has 0 radical (unpaired) electrons. The number of hydrogen-bond acceptors (Lipinski definition) is 2. The molecule has 0 aromatic carbocycles. The minimum absolute atomic E-state index is 0.0255.